The maximum absolute atomic E-state index is 12.9. The third-order valence-corrected chi connectivity index (χ3v) is 5.84. The summed E-state index contributed by atoms with van der Waals surface area (Å²) in [7, 11) is 0. The van der Waals surface area contributed by atoms with Gasteiger partial charge in [0.25, 0.3) is 5.91 Å². The van der Waals surface area contributed by atoms with E-state index in [1.807, 2.05) is 0 Å². The van der Waals surface area contributed by atoms with Gasteiger partial charge in [-0.2, -0.15) is 0 Å². The first-order chi connectivity index (χ1) is 10.7. The van der Waals surface area contributed by atoms with Gasteiger partial charge in [-0.15, -0.1) is 0 Å². The zero-order valence-corrected chi connectivity index (χ0v) is 14.1. The van der Waals surface area contributed by atoms with Crippen LogP contribution in [0.4, 0.5) is 0 Å². The van der Waals surface area contributed by atoms with Crippen LogP contribution in [0.1, 0.15) is 71.1 Å². The molecule has 3 nitrogen and oxygen atoms in total. The van der Waals surface area contributed by atoms with Crippen LogP contribution in [0.15, 0.2) is 12.2 Å². The van der Waals surface area contributed by atoms with Crippen molar-refractivity contribution in [3.05, 3.63) is 12.2 Å². The monoisotopic (exact) mass is 305 g/mol. The highest BCUT2D eigenvalue weighted by molar-refractivity contribution is 5.81. The largest absolute Gasteiger partial charge is 0.365 e. The summed E-state index contributed by atoms with van der Waals surface area (Å²) in [6.45, 7) is 3.95. The van der Waals surface area contributed by atoms with Gasteiger partial charge in [-0.05, 0) is 56.8 Å². The fourth-order valence-corrected chi connectivity index (χ4v) is 4.50. The topological polar surface area (TPSA) is 29.5 Å². The van der Waals surface area contributed by atoms with E-state index in [0.717, 1.165) is 45.2 Å². The molecule has 0 unspecified atom stereocenters. The quantitative estimate of drug-likeness (QED) is 0.733. The van der Waals surface area contributed by atoms with Crippen LogP contribution in [0.3, 0.4) is 0 Å². The molecule has 1 aliphatic heterocycles. The molecule has 0 N–H and O–H groups in total. The van der Waals surface area contributed by atoms with E-state index in [4.69, 9.17) is 4.74 Å². The molecular weight excluding hydrogens is 274 g/mol. The van der Waals surface area contributed by atoms with Crippen molar-refractivity contribution < 1.29 is 9.53 Å². The number of likely N-dealkylation sites (tertiary alicyclic amines) is 1. The standard InChI is InChI=1S/C19H31NO2/c1-2-17(22-16-9-4-5-10-16)18(21)20-14-8-13-19(15-20)11-6-3-7-12-19/h3,6,16-17H,2,4-5,7-15H2,1H3/t17-,19-/m1/s1. The van der Waals surface area contributed by atoms with E-state index in [0.29, 0.717) is 11.5 Å². The Hall–Kier alpha value is -0.830. The van der Waals surface area contributed by atoms with Crippen LogP contribution in [0, 0.1) is 5.41 Å². The maximum atomic E-state index is 12.9. The van der Waals surface area contributed by atoms with E-state index < -0.39 is 0 Å². The lowest BCUT2D eigenvalue weighted by atomic mass is 9.71. The Morgan fingerprint density at radius 3 is 2.77 bits per heavy atom. The van der Waals surface area contributed by atoms with Gasteiger partial charge in [0, 0.05) is 13.1 Å². The molecule has 22 heavy (non-hydrogen) atoms. The Morgan fingerprint density at radius 2 is 2.09 bits per heavy atom. The van der Waals surface area contributed by atoms with Gasteiger partial charge in [-0.3, -0.25) is 4.79 Å². The number of allylic oxidation sites excluding steroid dienone is 2. The van der Waals surface area contributed by atoms with Gasteiger partial charge >= 0.3 is 0 Å². The summed E-state index contributed by atoms with van der Waals surface area (Å²) in [6.07, 6.45) is 16.3. The first-order valence-corrected chi connectivity index (χ1v) is 9.32. The number of ether oxygens (including phenoxy) is 1. The number of amides is 1. The van der Waals surface area contributed by atoms with Gasteiger partial charge in [0.2, 0.25) is 0 Å². The van der Waals surface area contributed by atoms with Gasteiger partial charge in [-0.1, -0.05) is 31.9 Å². The second kappa shape index (κ2) is 7.16. The summed E-state index contributed by atoms with van der Waals surface area (Å²) in [5.41, 5.74) is 0.355. The molecule has 0 aromatic rings. The molecule has 1 saturated carbocycles. The smallest absolute Gasteiger partial charge is 0.251 e. The lowest BCUT2D eigenvalue weighted by Crippen LogP contribution is -2.50. The van der Waals surface area contributed by atoms with Gasteiger partial charge in [0.15, 0.2) is 0 Å². The number of hydrogen-bond donors (Lipinski definition) is 0. The van der Waals surface area contributed by atoms with E-state index in [9.17, 15) is 4.79 Å². The zero-order valence-electron chi connectivity index (χ0n) is 14.1. The number of nitrogens with zero attached hydrogens (tertiary/aromatic N) is 1. The summed E-state index contributed by atoms with van der Waals surface area (Å²) in [5.74, 6) is 0.253. The van der Waals surface area contributed by atoms with E-state index in [2.05, 4.69) is 24.0 Å². The van der Waals surface area contributed by atoms with Crippen LogP contribution in [0.2, 0.25) is 0 Å². The number of rotatable bonds is 4. The molecular formula is C19H31NO2. The van der Waals surface area contributed by atoms with Crippen LogP contribution < -0.4 is 0 Å². The predicted molar refractivity (Wildman–Crippen MR) is 88.7 cm³/mol. The van der Waals surface area contributed by atoms with Crippen LogP contribution in [0.25, 0.3) is 0 Å². The lowest BCUT2D eigenvalue weighted by Gasteiger charge is -2.44. The summed E-state index contributed by atoms with van der Waals surface area (Å²) in [4.78, 5) is 15.0. The molecule has 0 aromatic heterocycles. The zero-order chi connectivity index (χ0) is 15.4. The third kappa shape index (κ3) is 3.56. The first-order valence-electron chi connectivity index (χ1n) is 9.32. The summed E-state index contributed by atoms with van der Waals surface area (Å²) in [5, 5.41) is 0. The second-order valence-corrected chi connectivity index (χ2v) is 7.52. The van der Waals surface area contributed by atoms with Gasteiger partial charge < -0.3 is 9.64 Å². The van der Waals surface area contributed by atoms with E-state index in [-0.39, 0.29) is 12.0 Å². The highest BCUT2D eigenvalue weighted by Crippen LogP contribution is 2.41. The van der Waals surface area contributed by atoms with Crippen LogP contribution in [0.5, 0.6) is 0 Å². The Labute approximate surface area is 135 Å². The number of carbonyl (C=O) groups is 1. The van der Waals surface area contributed by atoms with Crippen LogP contribution in [-0.4, -0.2) is 36.1 Å². The van der Waals surface area contributed by atoms with E-state index in [1.165, 1.54) is 32.1 Å². The van der Waals surface area contributed by atoms with Gasteiger partial charge in [0.05, 0.1) is 6.10 Å². The van der Waals surface area contributed by atoms with Crippen LogP contribution >= 0.6 is 0 Å². The van der Waals surface area contributed by atoms with Crippen molar-refractivity contribution in [2.24, 2.45) is 5.41 Å². The molecule has 1 amide bonds. The molecule has 1 saturated heterocycles. The third-order valence-electron chi connectivity index (χ3n) is 5.84. The highest BCUT2D eigenvalue weighted by atomic mass is 16.5. The fraction of sp³-hybridized carbons (Fsp3) is 0.842. The normalized spacial score (nSPS) is 30.9. The predicted octanol–water partition coefficient (Wildman–Crippen LogP) is 4.07. The first kappa shape index (κ1) is 16.0. The molecule has 2 aliphatic carbocycles. The lowest BCUT2D eigenvalue weighted by molar-refractivity contribution is -0.151. The van der Waals surface area contributed by atoms with Crippen molar-refractivity contribution in [1.82, 2.24) is 4.90 Å². The highest BCUT2D eigenvalue weighted by Gasteiger charge is 2.38. The Bertz CT molecular complexity index is 414. The van der Waals surface area contributed by atoms with E-state index in [1.54, 1.807) is 0 Å². The number of carbonyl (C=O) groups excluding carboxylic acids is 1. The number of piperidine rings is 1. The van der Waals surface area contributed by atoms with Gasteiger partial charge in [-0.25, -0.2) is 0 Å². The number of hydrogen-bond acceptors (Lipinski definition) is 2. The molecule has 0 aromatic carbocycles. The molecule has 2 fully saturated rings. The van der Waals surface area contributed by atoms with Crippen molar-refractivity contribution in [3.63, 3.8) is 0 Å². The molecule has 3 rings (SSSR count). The molecule has 0 bridgehead atoms. The summed E-state index contributed by atoms with van der Waals surface area (Å²) in [6, 6.07) is 0. The van der Waals surface area contributed by atoms with Crippen molar-refractivity contribution in [2.75, 3.05) is 13.1 Å². The summed E-state index contributed by atoms with van der Waals surface area (Å²) < 4.78 is 6.15. The molecule has 1 spiro atoms. The average Bonchev–Trinajstić information content (AvgIpc) is 3.06. The van der Waals surface area contributed by atoms with Gasteiger partial charge in [0.1, 0.15) is 6.10 Å². The Kier molecular flexibility index (Phi) is 5.22. The second-order valence-electron chi connectivity index (χ2n) is 7.52. The minimum Gasteiger partial charge on any atom is -0.365 e. The van der Waals surface area contributed by atoms with E-state index >= 15 is 0 Å². The van der Waals surface area contributed by atoms with Crippen molar-refractivity contribution in [1.29, 1.82) is 0 Å². The molecule has 3 aliphatic rings. The Balaban J connectivity index is 1.60. The molecule has 1 heterocycles. The molecule has 0 radical (unpaired) electrons. The minimum absolute atomic E-state index is 0.211. The minimum atomic E-state index is -0.211. The SMILES string of the molecule is CC[C@@H](OC1CCCC1)C(=O)N1CCC[C@]2(CC=CCC2)C1. The van der Waals surface area contributed by atoms with Crippen molar-refractivity contribution in [2.45, 2.75) is 83.3 Å². The summed E-state index contributed by atoms with van der Waals surface area (Å²) >= 11 is 0. The average molecular weight is 305 g/mol. The van der Waals surface area contributed by atoms with Crippen molar-refractivity contribution >= 4 is 5.91 Å². The Morgan fingerprint density at radius 1 is 1.27 bits per heavy atom. The molecule has 3 heteroatoms. The van der Waals surface area contributed by atoms with Crippen molar-refractivity contribution in [3.8, 4) is 0 Å². The molecule has 2 atom stereocenters. The maximum Gasteiger partial charge on any atom is 0.251 e. The van der Waals surface area contributed by atoms with Crippen LogP contribution in [-0.2, 0) is 9.53 Å². The fourth-order valence-electron chi connectivity index (χ4n) is 4.50. The molecule has 124 valence electrons.